The molecule has 0 atom stereocenters. The zero-order valence-electron chi connectivity index (χ0n) is 9.97. The summed E-state index contributed by atoms with van der Waals surface area (Å²) in [5, 5.41) is 0.824. The number of alkyl halides is 1. The lowest BCUT2D eigenvalue weighted by Crippen LogP contribution is -2.33. The molecule has 1 aromatic carbocycles. The maximum Gasteiger partial charge on any atom is 0.218 e. The van der Waals surface area contributed by atoms with Crippen LogP contribution in [0.1, 0.15) is 18.9 Å². The van der Waals surface area contributed by atoms with E-state index in [-0.39, 0.29) is 5.75 Å². The maximum absolute atomic E-state index is 12.1. The summed E-state index contributed by atoms with van der Waals surface area (Å²) in [6, 6.07) is 9.30. The van der Waals surface area contributed by atoms with Gasteiger partial charge < -0.3 is 0 Å². The van der Waals surface area contributed by atoms with Gasteiger partial charge >= 0.3 is 0 Å². The highest BCUT2D eigenvalue weighted by Gasteiger charge is 2.20. The molecule has 0 aliphatic rings. The Bertz CT molecular complexity index is 419. The quantitative estimate of drug-likeness (QED) is 0.724. The van der Waals surface area contributed by atoms with Gasteiger partial charge in [0.2, 0.25) is 10.0 Å². The fourth-order valence-electron chi connectivity index (χ4n) is 1.61. The van der Waals surface area contributed by atoms with E-state index in [2.05, 4.69) is 15.9 Å². The first-order chi connectivity index (χ1) is 8.10. The first kappa shape index (κ1) is 14.7. The van der Waals surface area contributed by atoms with E-state index < -0.39 is 10.0 Å². The molecule has 0 heterocycles. The second kappa shape index (κ2) is 7.13. The fourth-order valence-corrected chi connectivity index (χ4v) is 3.45. The van der Waals surface area contributed by atoms with Gasteiger partial charge in [-0.2, -0.15) is 0 Å². The number of sulfonamides is 1. The van der Waals surface area contributed by atoms with E-state index >= 15 is 0 Å². The molecule has 17 heavy (non-hydrogen) atoms. The Morgan fingerprint density at radius 3 is 2.41 bits per heavy atom. The van der Waals surface area contributed by atoms with Crippen molar-refractivity contribution in [1.82, 2.24) is 4.31 Å². The maximum atomic E-state index is 12.1. The van der Waals surface area contributed by atoms with Crippen LogP contribution in [0.25, 0.3) is 0 Å². The summed E-state index contributed by atoms with van der Waals surface area (Å²) >= 11 is 3.32. The summed E-state index contributed by atoms with van der Waals surface area (Å²) < 4.78 is 25.8. The first-order valence-electron chi connectivity index (χ1n) is 5.68. The van der Waals surface area contributed by atoms with Crippen LogP contribution in [0.4, 0.5) is 0 Å². The van der Waals surface area contributed by atoms with Crippen molar-refractivity contribution in [3.05, 3.63) is 35.9 Å². The van der Waals surface area contributed by atoms with Gasteiger partial charge in [-0.25, -0.2) is 12.7 Å². The fraction of sp³-hybridized carbons (Fsp3) is 0.500. The predicted molar refractivity (Wildman–Crippen MR) is 74.7 cm³/mol. The second-order valence-electron chi connectivity index (χ2n) is 3.78. The summed E-state index contributed by atoms with van der Waals surface area (Å²) in [6.07, 6.45) is 0.835. The van der Waals surface area contributed by atoms with Gasteiger partial charge in [0.05, 0.1) is 5.75 Å². The smallest absolute Gasteiger partial charge is 0.212 e. The molecule has 0 aromatic heterocycles. The van der Waals surface area contributed by atoms with Crippen LogP contribution < -0.4 is 0 Å². The van der Waals surface area contributed by atoms with Gasteiger partial charge in [-0.1, -0.05) is 53.2 Å². The minimum atomic E-state index is -3.19. The molecule has 0 aliphatic carbocycles. The topological polar surface area (TPSA) is 37.4 Å². The van der Waals surface area contributed by atoms with Crippen LogP contribution in [0, 0.1) is 0 Å². The minimum absolute atomic E-state index is 0.0873. The third-order valence-electron chi connectivity index (χ3n) is 2.48. The zero-order valence-corrected chi connectivity index (χ0v) is 12.4. The van der Waals surface area contributed by atoms with Crippen molar-refractivity contribution in [3.63, 3.8) is 0 Å². The Hall–Kier alpha value is -0.390. The third kappa shape index (κ3) is 4.77. The molecule has 0 N–H and O–H groups in total. The van der Waals surface area contributed by atoms with Crippen LogP contribution in [0.5, 0.6) is 0 Å². The summed E-state index contributed by atoms with van der Waals surface area (Å²) in [4.78, 5) is 0. The molecular formula is C12H18BrNO2S. The molecule has 0 saturated carbocycles. The van der Waals surface area contributed by atoms with Gasteiger partial charge in [-0.15, -0.1) is 0 Å². The standard InChI is InChI=1S/C12H18BrNO2S/c1-2-14(10-6-9-13)17(15,16)11-12-7-4-3-5-8-12/h3-5,7-8H,2,6,9-11H2,1H3. The van der Waals surface area contributed by atoms with Crippen molar-refractivity contribution >= 4 is 26.0 Å². The van der Waals surface area contributed by atoms with Crippen LogP contribution in [-0.2, 0) is 15.8 Å². The predicted octanol–water partition coefficient (Wildman–Crippen LogP) is 2.62. The van der Waals surface area contributed by atoms with E-state index in [1.165, 1.54) is 0 Å². The highest BCUT2D eigenvalue weighted by atomic mass is 79.9. The molecule has 0 amide bonds. The molecule has 0 spiro atoms. The highest BCUT2D eigenvalue weighted by molar-refractivity contribution is 9.09. The lowest BCUT2D eigenvalue weighted by Gasteiger charge is -2.20. The average molecular weight is 320 g/mol. The zero-order chi connectivity index (χ0) is 12.7. The van der Waals surface area contributed by atoms with Crippen molar-refractivity contribution in [2.24, 2.45) is 0 Å². The third-order valence-corrected chi connectivity index (χ3v) is 4.97. The number of halogens is 1. The Labute approximate surface area is 112 Å². The second-order valence-corrected chi connectivity index (χ2v) is 6.54. The molecule has 1 rings (SSSR count). The van der Waals surface area contributed by atoms with E-state index in [0.717, 1.165) is 17.3 Å². The van der Waals surface area contributed by atoms with Crippen molar-refractivity contribution in [1.29, 1.82) is 0 Å². The molecule has 0 fully saturated rings. The Morgan fingerprint density at radius 1 is 1.24 bits per heavy atom. The molecule has 0 bridgehead atoms. The lowest BCUT2D eigenvalue weighted by molar-refractivity contribution is 0.428. The molecule has 0 unspecified atom stereocenters. The molecule has 96 valence electrons. The number of rotatable bonds is 7. The number of hydrogen-bond donors (Lipinski definition) is 0. The summed E-state index contributed by atoms with van der Waals surface area (Å²) in [5.74, 6) is 0.0873. The van der Waals surface area contributed by atoms with Crippen molar-refractivity contribution in [3.8, 4) is 0 Å². The minimum Gasteiger partial charge on any atom is -0.212 e. The van der Waals surface area contributed by atoms with Crippen LogP contribution >= 0.6 is 15.9 Å². The van der Waals surface area contributed by atoms with E-state index in [9.17, 15) is 8.42 Å². The SMILES string of the molecule is CCN(CCCBr)S(=O)(=O)Cc1ccccc1. The van der Waals surface area contributed by atoms with Crippen LogP contribution in [-0.4, -0.2) is 31.1 Å². The van der Waals surface area contributed by atoms with Crippen LogP contribution in [0.2, 0.25) is 0 Å². The monoisotopic (exact) mass is 319 g/mol. The van der Waals surface area contributed by atoms with Crippen molar-refractivity contribution < 1.29 is 8.42 Å². The van der Waals surface area contributed by atoms with Gasteiger partial charge in [0.25, 0.3) is 0 Å². The molecule has 3 nitrogen and oxygen atoms in total. The molecular weight excluding hydrogens is 302 g/mol. The summed E-state index contributed by atoms with van der Waals surface area (Å²) in [5.41, 5.74) is 0.838. The molecule has 1 aromatic rings. The average Bonchev–Trinajstić information content (AvgIpc) is 2.30. The number of benzene rings is 1. The van der Waals surface area contributed by atoms with Crippen LogP contribution in [0.3, 0.4) is 0 Å². The largest absolute Gasteiger partial charge is 0.218 e. The Kier molecular flexibility index (Phi) is 6.16. The van der Waals surface area contributed by atoms with Crippen molar-refractivity contribution in [2.75, 3.05) is 18.4 Å². The Balaban J connectivity index is 2.72. The normalized spacial score (nSPS) is 11.9. The van der Waals surface area contributed by atoms with E-state index in [1.807, 2.05) is 37.3 Å². The Morgan fingerprint density at radius 2 is 1.88 bits per heavy atom. The van der Waals surface area contributed by atoms with Gasteiger partial charge in [-0.05, 0) is 12.0 Å². The summed E-state index contributed by atoms with van der Waals surface area (Å²) in [6.45, 7) is 2.98. The van der Waals surface area contributed by atoms with Gasteiger partial charge in [0.15, 0.2) is 0 Å². The van der Waals surface area contributed by atoms with Gasteiger partial charge in [-0.3, -0.25) is 0 Å². The number of hydrogen-bond acceptors (Lipinski definition) is 2. The molecule has 0 radical (unpaired) electrons. The highest BCUT2D eigenvalue weighted by Crippen LogP contribution is 2.11. The summed E-state index contributed by atoms with van der Waals surface area (Å²) in [7, 11) is -3.19. The first-order valence-corrected chi connectivity index (χ1v) is 8.41. The van der Waals surface area contributed by atoms with E-state index in [4.69, 9.17) is 0 Å². The molecule has 0 aliphatic heterocycles. The molecule has 0 saturated heterocycles. The molecule has 5 heteroatoms. The van der Waals surface area contributed by atoms with E-state index in [0.29, 0.717) is 13.1 Å². The van der Waals surface area contributed by atoms with E-state index in [1.54, 1.807) is 4.31 Å². The van der Waals surface area contributed by atoms with Crippen LogP contribution in [0.15, 0.2) is 30.3 Å². The number of nitrogens with zero attached hydrogens (tertiary/aromatic N) is 1. The van der Waals surface area contributed by atoms with Crippen molar-refractivity contribution in [2.45, 2.75) is 19.1 Å². The van der Waals surface area contributed by atoms with Gasteiger partial charge in [0, 0.05) is 18.4 Å². The van der Waals surface area contributed by atoms with Gasteiger partial charge in [0.1, 0.15) is 0 Å². The lowest BCUT2D eigenvalue weighted by atomic mass is 10.2.